The van der Waals surface area contributed by atoms with Gasteiger partial charge in [-0.25, -0.2) is 8.42 Å². The van der Waals surface area contributed by atoms with Gasteiger partial charge >= 0.3 is 0 Å². The van der Waals surface area contributed by atoms with Crippen LogP contribution in [0.3, 0.4) is 0 Å². The highest BCUT2D eigenvalue weighted by molar-refractivity contribution is 7.90. The summed E-state index contributed by atoms with van der Waals surface area (Å²) in [6.07, 6.45) is 2.86. The molecule has 150 valence electrons. The third-order valence-electron chi connectivity index (χ3n) is 5.57. The molecule has 0 aromatic heterocycles. The molecule has 1 spiro atoms. The van der Waals surface area contributed by atoms with E-state index in [1.54, 1.807) is 4.90 Å². The number of carbonyl (C=O) groups excluding carboxylic acids is 1. The van der Waals surface area contributed by atoms with E-state index in [4.69, 9.17) is 4.74 Å². The third-order valence-corrected chi connectivity index (χ3v) is 6.51. The molecule has 1 aromatic carbocycles. The van der Waals surface area contributed by atoms with Gasteiger partial charge in [0.1, 0.15) is 9.84 Å². The molecule has 0 saturated carbocycles. The fourth-order valence-electron chi connectivity index (χ4n) is 3.91. The van der Waals surface area contributed by atoms with Crippen molar-refractivity contribution >= 4 is 15.7 Å². The Kier molecular flexibility index (Phi) is 6.23. The molecule has 2 saturated heterocycles. The minimum absolute atomic E-state index is 0.0670. The number of carbonyl (C=O) groups is 1. The Labute approximate surface area is 162 Å². The summed E-state index contributed by atoms with van der Waals surface area (Å²) >= 11 is 0. The number of sulfone groups is 1. The molecule has 0 bridgehead atoms. The first-order valence-electron chi connectivity index (χ1n) is 9.62. The van der Waals surface area contributed by atoms with Gasteiger partial charge in [0, 0.05) is 45.4 Å². The van der Waals surface area contributed by atoms with Crippen LogP contribution >= 0.6 is 0 Å². The quantitative estimate of drug-likeness (QED) is 0.759. The maximum absolute atomic E-state index is 12.3. The Balaban J connectivity index is 1.52. The first-order valence-corrected chi connectivity index (χ1v) is 11.7. The smallest absolute Gasteiger partial charge is 0.223 e. The van der Waals surface area contributed by atoms with Crippen molar-refractivity contribution in [2.24, 2.45) is 0 Å². The van der Waals surface area contributed by atoms with Crippen LogP contribution in [0.2, 0.25) is 0 Å². The van der Waals surface area contributed by atoms with E-state index in [2.05, 4.69) is 36.1 Å². The molecule has 6 nitrogen and oxygen atoms in total. The first-order chi connectivity index (χ1) is 12.7. The van der Waals surface area contributed by atoms with Crippen LogP contribution < -0.4 is 0 Å². The predicted molar refractivity (Wildman–Crippen MR) is 105 cm³/mol. The number of likely N-dealkylation sites (tertiary alicyclic amines) is 1. The molecule has 1 amide bonds. The molecule has 2 aliphatic rings. The second-order valence-electron chi connectivity index (χ2n) is 7.99. The highest BCUT2D eigenvalue weighted by atomic mass is 32.2. The summed E-state index contributed by atoms with van der Waals surface area (Å²) < 4.78 is 28.7. The van der Waals surface area contributed by atoms with Crippen molar-refractivity contribution in [3.8, 4) is 0 Å². The fraction of sp³-hybridized carbons (Fsp3) is 0.650. The van der Waals surface area contributed by atoms with Crippen molar-refractivity contribution in [3.63, 3.8) is 0 Å². The van der Waals surface area contributed by atoms with Crippen LogP contribution in [-0.2, 0) is 25.9 Å². The van der Waals surface area contributed by atoms with Gasteiger partial charge in [-0.15, -0.1) is 0 Å². The summed E-state index contributed by atoms with van der Waals surface area (Å²) in [7, 11) is -3.10. The van der Waals surface area contributed by atoms with Gasteiger partial charge in [0.05, 0.1) is 18.0 Å². The Morgan fingerprint density at radius 2 is 1.81 bits per heavy atom. The second kappa shape index (κ2) is 8.29. The van der Waals surface area contributed by atoms with Crippen molar-refractivity contribution < 1.29 is 17.9 Å². The molecule has 0 atom stereocenters. The zero-order valence-corrected chi connectivity index (χ0v) is 17.1. The van der Waals surface area contributed by atoms with E-state index in [0.717, 1.165) is 32.5 Å². The molecular weight excluding hydrogens is 364 g/mol. The van der Waals surface area contributed by atoms with Crippen molar-refractivity contribution in [3.05, 3.63) is 35.4 Å². The summed E-state index contributed by atoms with van der Waals surface area (Å²) in [4.78, 5) is 16.5. The number of morpholine rings is 1. The number of rotatable bonds is 5. The Hall–Kier alpha value is -1.44. The van der Waals surface area contributed by atoms with E-state index in [1.807, 2.05) is 0 Å². The summed E-state index contributed by atoms with van der Waals surface area (Å²) in [5.41, 5.74) is 2.40. The molecule has 27 heavy (non-hydrogen) atoms. The van der Waals surface area contributed by atoms with Crippen LogP contribution in [-0.4, -0.2) is 74.5 Å². The number of piperidine rings is 1. The van der Waals surface area contributed by atoms with Gasteiger partial charge in [-0.1, -0.05) is 29.8 Å². The molecular formula is C20H30N2O4S. The highest BCUT2D eigenvalue weighted by Crippen LogP contribution is 2.31. The van der Waals surface area contributed by atoms with Crippen LogP contribution in [0, 0.1) is 6.92 Å². The van der Waals surface area contributed by atoms with Gasteiger partial charge in [-0.3, -0.25) is 9.69 Å². The lowest BCUT2D eigenvalue weighted by Gasteiger charge is -2.47. The number of hydrogen-bond acceptors (Lipinski definition) is 5. The molecule has 2 heterocycles. The van der Waals surface area contributed by atoms with Gasteiger partial charge in [0.2, 0.25) is 5.91 Å². The van der Waals surface area contributed by atoms with Crippen LogP contribution in [0.1, 0.15) is 30.4 Å². The second-order valence-corrected chi connectivity index (χ2v) is 10.2. The average Bonchev–Trinajstić information content (AvgIpc) is 2.62. The highest BCUT2D eigenvalue weighted by Gasteiger charge is 2.40. The van der Waals surface area contributed by atoms with Crippen LogP contribution in [0.15, 0.2) is 24.3 Å². The number of hydrogen-bond donors (Lipinski definition) is 0. The normalized spacial score (nSPS) is 20.7. The maximum Gasteiger partial charge on any atom is 0.223 e. The van der Waals surface area contributed by atoms with Crippen molar-refractivity contribution in [1.82, 2.24) is 9.80 Å². The lowest BCUT2D eigenvalue weighted by atomic mass is 9.89. The summed E-state index contributed by atoms with van der Waals surface area (Å²) in [6, 6.07) is 8.65. The van der Waals surface area contributed by atoms with E-state index < -0.39 is 9.84 Å². The number of amides is 1. The minimum Gasteiger partial charge on any atom is -0.372 e. The van der Waals surface area contributed by atoms with Gasteiger partial charge in [-0.05, 0) is 25.3 Å². The van der Waals surface area contributed by atoms with Crippen molar-refractivity contribution in [1.29, 1.82) is 0 Å². The molecule has 0 aliphatic carbocycles. The molecule has 0 radical (unpaired) electrons. The van der Waals surface area contributed by atoms with Gasteiger partial charge in [-0.2, -0.15) is 0 Å². The summed E-state index contributed by atoms with van der Waals surface area (Å²) in [6.45, 7) is 6.82. The van der Waals surface area contributed by atoms with Crippen molar-refractivity contribution in [2.45, 2.75) is 38.3 Å². The average molecular weight is 395 g/mol. The summed E-state index contributed by atoms with van der Waals surface area (Å²) in [5, 5.41) is 0. The maximum atomic E-state index is 12.3. The Morgan fingerprint density at radius 3 is 2.44 bits per heavy atom. The molecule has 2 fully saturated rings. The van der Waals surface area contributed by atoms with Crippen LogP contribution in [0.25, 0.3) is 0 Å². The Morgan fingerprint density at radius 1 is 1.15 bits per heavy atom. The number of aryl methyl sites for hydroxylation is 1. The molecule has 1 aromatic rings. The van der Waals surface area contributed by atoms with Gasteiger partial charge in [0.25, 0.3) is 0 Å². The van der Waals surface area contributed by atoms with Gasteiger partial charge in [0.15, 0.2) is 0 Å². The fourth-order valence-corrected chi connectivity index (χ4v) is 4.45. The van der Waals surface area contributed by atoms with Gasteiger partial charge < -0.3 is 9.64 Å². The number of nitrogens with zero attached hydrogens (tertiary/aromatic N) is 2. The standard InChI is InChI=1S/C20H30N2O4S/c1-17-3-5-18(6-4-17)15-21-12-13-26-20(16-21)8-10-22(11-9-20)19(23)7-14-27(2,24)25/h3-6H,7-16H2,1-2H3. The molecule has 0 N–H and O–H groups in total. The topological polar surface area (TPSA) is 66.9 Å². The zero-order valence-electron chi connectivity index (χ0n) is 16.3. The molecule has 2 aliphatic heterocycles. The minimum atomic E-state index is -3.10. The molecule has 3 rings (SSSR count). The van der Waals surface area contributed by atoms with E-state index in [9.17, 15) is 13.2 Å². The van der Waals surface area contributed by atoms with E-state index in [1.165, 1.54) is 17.4 Å². The van der Waals surface area contributed by atoms with Crippen LogP contribution in [0.4, 0.5) is 0 Å². The van der Waals surface area contributed by atoms with Crippen molar-refractivity contribution in [2.75, 3.05) is 44.8 Å². The largest absolute Gasteiger partial charge is 0.372 e. The number of ether oxygens (including phenoxy) is 1. The summed E-state index contributed by atoms with van der Waals surface area (Å²) in [5.74, 6) is -0.142. The van der Waals surface area contributed by atoms with E-state index in [0.29, 0.717) is 19.7 Å². The van der Waals surface area contributed by atoms with E-state index in [-0.39, 0.29) is 23.7 Å². The Bertz CT molecular complexity index is 753. The number of benzene rings is 1. The predicted octanol–water partition coefficient (Wildman–Crippen LogP) is 1.62. The first kappa shape index (κ1) is 20.3. The third kappa shape index (κ3) is 5.77. The lowest BCUT2D eigenvalue weighted by molar-refractivity contribution is -0.151. The molecule has 0 unspecified atom stereocenters. The van der Waals surface area contributed by atoms with E-state index >= 15 is 0 Å². The SMILES string of the molecule is Cc1ccc(CN2CCOC3(CCN(C(=O)CCS(C)(=O)=O)CC3)C2)cc1. The monoisotopic (exact) mass is 394 g/mol. The zero-order chi connectivity index (χ0) is 19.5. The van der Waals surface area contributed by atoms with Crippen LogP contribution in [0.5, 0.6) is 0 Å². The lowest BCUT2D eigenvalue weighted by Crippen LogP contribution is -2.57. The molecule has 7 heteroatoms.